The molecule has 0 bridgehead atoms. The number of sulfonamides is 1. The third-order valence-corrected chi connectivity index (χ3v) is 4.64. The van der Waals surface area contributed by atoms with Crippen molar-refractivity contribution in [1.29, 1.82) is 0 Å². The van der Waals surface area contributed by atoms with Crippen LogP contribution in [0.5, 0.6) is 5.75 Å². The van der Waals surface area contributed by atoms with E-state index in [4.69, 9.17) is 10.2 Å². The fourth-order valence-corrected chi connectivity index (χ4v) is 3.74. The fourth-order valence-electron chi connectivity index (χ4n) is 2.86. The standard InChI is InChI=1S/C14H18N2O6S/c15-23(21,22)8-9-4-13(18)16(7-9)12(6-14(19)20)10-2-1-3-11(17)5-10/h1-3,5,9,12,17H,4,6-8H2,(H,19,20)(H2,15,21,22). The molecule has 0 aromatic heterocycles. The molecule has 1 aliphatic heterocycles. The summed E-state index contributed by atoms with van der Waals surface area (Å²) in [5.41, 5.74) is 0.483. The Morgan fingerprint density at radius 1 is 1.43 bits per heavy atom. The van der Waals surface area contributed by atoms with Gasteiger partial charge in [-0.15, -0.1) is 0 Å². The zero-order chi connectivity index (χ0) is 17.2. The van der Waals surface area contributed by atoms with Gasteiger partial charge in [0, 0.05) is 18.9 Å². The Morgan fingerprint density at radius 2 is 2.13 bits per heavy atom. The van der Waals surface area contributed by atoms with Crippen LogP contribution in [0, 0.1) is 5.92 Å². The van der Waals surface area contributed by atoms with E-state index in [-0.39, 0.29) is 36.8 Å². The SMILES string of the molecule is NS(=O)(=O)CC1CC(=O)N(C(CC(=O)O)c2cccc(O)c2)C1. The van der Waals surface area contributed by atoms with Gasteiger partial charge in [0.05, 0.1) is 18.2 Å². The lowest BCUT2D eigenvalue weighted by Gasteiger charge is -2.27. The van der Waals surface area contributed by atoms with Gasteiger partial charge in [-0.1, -0.05) is 12.1 Å². The van der Waals surface area contributed by atoms with E-state index in [0.29, 0.717) is 5.56 Å². The van der Waals surface area contributed by atoms with Gasteiger partial charge >= 0.3 is 5.97 Å². The molecule has 0 saturated carbocycles. The van der Waals surface area contributed by atoms with E-state index in [9.17, 15) is 23.1 Å². The van der Waals surface area contributed by atoms with Crippen LogP contribution in [0.25, 0.3) is 0 Å². The zero-order valence-corrected chi connectivity index (χ0v) is 13.1. The Labute approximate surface area is 133 Å². The molecule has 2 atom stereocenters. The van der Waals surface area contributed by atoms with E-state index < -0.39 is 28.0 Å². The Hall–Kier alpha value is -2.13. The number of hydrogen-bond acceptors (Lipinski definition) is 5. The third-order valence-electron chi connectivity index (χ3n) is 3.71. The summed E-state index contributed by atoms with van der Waals surface area (Å²) < 4.78 is 22.4. The van der Waals surface area contributed by atoms with Gasteiger partial charge in [0.1, 0.15) is 5.75 Å². The van der Waals surface area contributed by atoms with Gasteiger partial charge in [0.25, 0.3) is 0 Å². The molecule has 0 radical (unpaired) electrons. The van der Waals surface area contributed by atoms with Crippen LogP contribution < -0.4 is 5.14 Å². The number of carboxylic acids is 1. The first kappa shape index (κ1) is 17.2. The first-order valence-corrected chi connectivity index (χ1v) is 8.68. The van der Waals surface area contributed by atoms with Gasteiger partial charge in [-0.25, -0.2) is 13.6 Å². The summed E-state index contributed by atoms with van der Waals surface area (Å²) in [5.74, 6) is -2.25. The van der Waals surface area contributed by atoms with E-state index >= 15 is 0 Å². The summed E-state index contributed by atoms with van der Waals surface area (Å²) in [6.07, 6.45) is -0.331. The molecule has 126 valence electrons. The predicted octanol–water partition coefficient (Wildman–Crippen LogP) is 0.0450. The molecule has 2 rings (SSSR count). The maximum atomic E-state index is 12.2. The van der Waals surface area contributed by atoms with Crippen LogP contribution in [-0.2, 0) is 19.6 Å². The van der Waals surface area contributed by atoms with Crippen LogP contribution in [-0.4, -0.2) is 47.7 Å². The number of nitrogens with two attached hydrogens (primary N) is 1. The van der Waals surface area contributed by atoms with Crippen molar-refractivity contribution in [3.63, 3.8) is 0 Å². The highest BCUT2D eigenvalue weighted by molar-refractivity contribution is 7.89. The average molecular weight is 342 g/mol. The minimum atomic E-state index is -3.71. The molecule has 9 heteroatoms. The fraction of sp³-hybridized carbons (Fsp3) is 0.429. The van der Waals surface area contributed by atoms with Crippen molar-refractivity contribution in [3.05, 3.63) is 29.8 Å². The summed E-state index contributed by atoms with van der Waals surface area (Å²) in [7, 11) is -3.71. The maximum Gasteiger partial charge on any atom is 0.305 e. The Kier molecular flexibility index (Phi) is 4.90. The van der Waals surface area contributed by atoms with Crippen LogP contribution in [0.4, 0.5) is 0 Å². The monoisotopic (exact) mass is 342 g/mol. The lowest BCUT2D eigenvalue weighted by Crippen LogP contribution is -2.32. The molecule has 1 aromatic rings. The van der Waals surface area contributed by atoms with E-state index in [1.165, 1.54) is 17.0 Å². The number of carboxylic acid groups (broad SMARTS) is 1. The van der Waals surface area contributed by atoms with E-state index in [1.54, 1.807) is 12.1 Å². The lowest BCUT2D eigenvalue weighted by molar-refractivity contribution is -0.139. The number of likely N-dealkylation sites (tertiary alicyclic amines) is 1. The molecule has 1 saturated heterocycles. The zero-order valence-electron chi connectivity index (χ0n) is 12.3. The Morgan fingerprint density at radius 3 is 2.70 bits per heavy atom. The quantitative estimate of drug-likeness (QED) is 0.667. The molecular formula is C14H18N2O6S. The topological polar surface area (TPSA) is 138 Å². The first-order chi connectivity index (χ1) is 10.7. The van der Waals surface area contributed by atoms with E-state index in [1.807, 2.05) is 0 Å². The number of carbonyl (C=O) groups is 2. The van der Waals surface area contributed by atoms with Gasteiger partial charge in [0.15, 0.2) is 0 Å². The summed E-state index contributed by atoms with van der Waals surface area (Å²) in [6.45, 7) is 0.114. The molecule has 1 aromatic carbocycles. The minimum Gasteiger partial charge on any atom is -0.508 e. The molecule has 1 amide bonds. The molecule has 4 N–H and O–H groups in total. The minimum absolute atomic E-state index is 0.00532. The van der Waals surface area contributed by atoms with Gasteiger partial charge in [0.2, 0.25) is 15.9 Å². The largest absolute Gasteiger partial charge is 0.508 e. The molecule has 1 fully saturated rings. The van der Waals surface area contributed by atoms with Crippen molar-refractivity contribution in [3.8, 4) is 5.75 Å². The number of primary sulfonamides is 1. The second-order valence-corrected chi connectivity index (χ2v) is 7.31. The van der Waals surface area contributed by atoms with Gasteiger partial charge in [-0.05, 0) is 17.7 Å². The van der Waals surface area contributed by atoms with Crippen molar-refractivity contribution < 1.29 is 28.2 Å². The Bertz CT molecular complexity index is 718. The van der Waals surface area contributed by atoms with Crippen LogP contribution >= 0.6 is 0 Å². The van der Waals surface area contributed by atoms with E-state index in [2.05, 4.69) is 0 Å². The van der Waals surface area contributed by atoms with Crippen molar-refractivity contribution in [1.82, 2.24) is 4.90 Å². The molecule has 0 spiro atoms. The molecule has 0 aliphatic carbocycles. The molecule has 8 nitrogen and oxygen atoms in total. The summed E-state index contributed by atoms with van der Waals surface area (Å²) >= 11 is 0. The van der Waals surface area contributed by atoms with Crippen LogP contribution in [0.15, 0.2) is 24.3 Å². The van der Waals surface area contributed by atoms with E-state index in [0.717, 1.165) is 0 Å². The number of phenols is 1. The van der Waals surface area contributed by atoms with Gasteiger partial charge < -0.3 is 15.1 Å². The number of aliphatic carboxylic acids is 1. The number of carbonyl (C=O) groups excluding carboxylic acids is 1. The lowest BCUT2D eigenvalue weighted by atomic mass is 10.0. The summed E-state index contributed by atoms with van der Waals surface area (Å²) in [5, 5.41) is 23.7. The van der Waals surface area contributed by atoms with Crippen LogP contribution in [0.2, 0.25) is 0 Å². The Balaban J connectivity index is 2.26. The molecule has 23 heavy (non-hydrogen) atoms. The molecule has 1 aliphatic rings. The average Bonchev–Trinajstić information content (AvgIpc) is 2.74. The molecule has 2 unspecified atom stereocenters. The highest BCUT2D eigenvalue weighted by Gasteiger charge is 2.37. The number of nitrogens with zero attached hydrogens (tertiary/aromatic N) is 1. The number of rotatable bonds is 6. The second-order valence-electron chi connectivity index (χ2n) is 5.65. The highest BCUT2D eigenvalue weighted by Crippen LogP contribution is 2.32. The van der Waals surface area contributed by atoms with Crippen LogP contribution in [0.1, 0.15) is 24.4 Å². The van der Waals surface area contributed by atoms with Crippen LogP contribution in [0.3, 0.4) is 0 Å². The van der Waals surface area contributed by atoms with Crippen molar-refractivity contribution in [2.45, 2.75) is 18.9 Å². The normalized spacial score (nSPS) is 19.8. The molecular weight excluding hydrogens is 324 g/mol. The number of phenolic OH excluding ortho intramolecular Hbond substituents is 1. The first-order valence-electron chi connectivity index (χ1n) is 6.96. The summed E-state index contributed by atoms with van der Waals surface area (Å²) in [4.78, 5) is 24.7. The van der Waals surface area contributed by atoms with Crippen molar-refractivity contribution in [2.75, 3.05) is 12.3 Å². The number of amides is 1. The number of aromatic hydroxyl groups is 1. The number of benzene rings is 1. The predicted molar refractivity (Wildman–Crippen MR) is 80.9 cm³/mol. The molecule has 1 heterocycles. The van der Waals surface area contributed by atoms with Gasteiger partial charge in [-0.2, -0.15) is 0 Å². The smallest absolute Gasteiger partial charge is 0.305 e. The third kappa shape index (κ3) is 4.67. The maximum absolute atomic E-state index is 12.2. The van der Waals surface area contributed by atoms with Crippen molar-refractivity contribution >= 4 is 21.9 Å². The number of hydrogen-bond donors (Lipinski definition) is 3. The van der Waals surface area contributed by atoms with Gasteiger partial charge in [-0.3, -0.25) is 9.59 Å². The highest BCUT2D eigenvalue weighted by atomic mass is 32.2. The second kappa shape index (κ2) is 6.55. The van der Waals surface area contributed by atoms with Crippen molar-refractivity contribution in [2.24, 2.45) is 11.1 Å². The summed E-state index contributed by atoms with van der Waals surface area (Å²) in [6, 6.07) is 5.25.